The zero-order valence-corrected chi connectivity index (χ0v) is 11.1. The molecule has 0 fully saturated rings. The topological polar surface area (TPSA) is 110 Å². The number of nitro benzene ring substituents is 1. The number of nitrogens with two attached hydrogens (primary N) is 1. The molecule has 0 radical (unpaired) electrons. The first-order valence-corrected chi connectivity index (χ1v) is 8.70. The normalized spacial score (nSPS) is 10.8. The Bertz CT molecular complexity index is 394. The predicted molar refractivity (Wildman–Crippen MR) is 66.7 cm³/mol. The van der Waals surface area contributed by atoms with Crippen LogP contribution in [0.25, 0.3) is 0 Å². The quantitative estimate of drug-likeness (QED) is 0.293. The van der Waals surface area contributed by atoms with Gasteiger partial charge >= 0.3 is 103 Å². The Morgan fingerprint density at radius 1 is 1.29 bits per heavy atom. The van der Waals surface area contributed by atoms with E-state index in [-0.39, 0.29) is 24.6 Å². The van der Waals surface area contributed by atoms with Crippen molar-refractivity contribution in [3.8, 4) is 0 Å². The Morgan fingerprint density at radius 3 is 2.35 bits per heavy atom. The van der Waals surface area contributed by atoms with Crippen molar-refractivity contribution in [2.24, 2.45) is 0 Å². The van der Waals surface area contributed by atoms with Crippen LogP contribution in [0.15, 0.2) is 18.2 Å². The van der Waals surface area contributed by atoms with E-state index in [1.165, 1.54) is 12.1 Å². The standard InChI is InChI=1S/C10H15AsN2O4/c12-9-2-1-8(7-10(9)13(16)17)11(3-5-14)4-6-15/h1-2,7,14-15H,3-6,12H2. The Hall–Kier alpha value is -1.10. The van der Waals surface area contributed by atoms with Crippen LogP contribution in [0.1, 0.15) is 0 Å². The molecule has 17 heavy (non-hydrogen) atoms. The van der Waals surface area contributed by atoms with E-state index in [0.717, 1.165) is 4.35 Å². The van der Waals surface area contributed by atoms with Crippen LogP contribution >= 0.6 is 0 Å². The second-order valence-electron chi connectivity index (χ2n) is 3.43. The third kappa shape index (κ3) is 3.70. The summed E-state index contributed by atoms with van der Waals surface area (Å²) in [5.41, 5.74) is 5.55. The van der Waals surface area contributed by atoms with E-state index in [4.69, 9.17) is 15.9 Å². The summed E-state index contributed by atoms with van der Waals surface area (Å²) in [6.07, 6.45) is 0. The first-order chi connectivity index (χ1) is 8.10. The van der Waals surface area contributed by atoms with Crippen molar-refractivity contribution in [3.63, 3.8) is 0 Å². The molecule has 0 unspecified atom stereocenters. The van der Waals surface area contributed by atoms with Crippen molar-refractivity contribution < 1.29 is 15.1 Å². The van der Waals surface area contributed by atoms with E-state index in [1.54, 1.807) is 6.07 Å². The van der Waals surface area contributed by atoms with Crippen LogP contribution in [0.3, 0.4) is 0 Å². The second kappa shape index (κ2) is 6.59. The number of aliphatic hydroxyl groups excluding tert-OH is 2. The van der Waals surface area contributed by atoms with Gasteiger partial charge in [-0.25, -0.2) is 0 Å². The molecule has 0 aliphatic rings. The molecule has 6 nitrogen and oxygen atoms in total. The fourth-order valence-corrected chi connectivity index (χ4v) is 5.30. The fraction of sp³-hybridized carbons (Fsp3) is 0.400. The summed E-state index contributed by atoms with van der Waals surface area (Å²) in [5, 5.41) is 29.9. The van der Waals surface area contributed by atoms with Gasteiger partial charge in [-0.3, -0.25) is 0 Å². The average molecular weight is 302 g/mol. The van der Waals surface area contributed by atoms with E-state index in [1.807, 2.05) is 0 Å². The number of benzene rings is 1. The van der Waals surface area contributed by atoms with Gasteiger partial charge in [-0.1, -0.05) is 0 Å². The third-order valence-electron chi connectivity index (χ3n) is 2.32. The predicted octanol–water partition coefficient (Wildman–Crippen LogP) is -0.137. The SMILES string of the molecule is Nc1ccc([As](CCO)CCO)cc1[N+](=O)[O-]. The van der Waals surface area contributed by atoms with Crippen LogP contribution in [0.2, 0.25) is 10.4 Å². The zero-order chi connectivity index (χ0) is 12.8. The fourth-order valence-electron chi connectivity index (χ4n) is 1.50. The summed E-state index contributed by atoms with van der Waals surface area (Å²) in [6, 6.07) is 4.75. The van der Waals surface area contributed by atoms with Crippen molar-refractivity contribution in [3.05, 3.63) is 28.3 Å². The first kappa shape index (κ1) is 14.0. The van der Waals surface area contributed by atoms with E-state index >= 15 is 0 Å². The van der Waals surface area contributed by atoms with Crippen LogP contribution in [-0.2, 0) is 0 Å². The van der Waals surface area contributed by atoms with Gasteiger partial charge in [0.1, 0.15) is 0 Å². The van der Waals surface area contributed by atoms with Crippen LogP contribution in [-0.4, -0.2) is 43.0 Å². The van der Waals surface area contributed by atoms with Crippen LogP contribution in [0.4, 0.5) is 11.4 Å². The Kier molecular flexibility index (Phi) is 5.41. The number of nitro groups is 1. The molecule has 0 aliphatic heterocycles. The van der Waals surface area contributed by atoms with Gasteiger partial charge < -0.3 is 0 Å². The molecule has 7 heteroatoms. The minimum absolute atomic E-state index is 0.0399. The molecule has 0 saturated heterocycles. The molecule has 0 saturated carbocycles. The van der Waals surface area contributed by atoms with Crippen molar-refractivity contribution in [2.75, 3.05) is 18.9 Å². The van der Waals surface area contributed by atoms with Gasteiger partial charge in [0.05, 0.1) is 0 Å². The second-order valence-corrected chi connectivity index (χ2v) is 8.66. The molecule has 0 aliphatic carbocycles. The molecular weight excluding hydrogens is 287 g/mol. The summed E-state index contributed by atoms with van der Waals surface area (Å²) in [5.74, 6) is 0. The maximum absolute atomic E-state index is 10.8. The van der Waals surface area contributed by atoms with Crippen molar-refractivity contribution in [1.82, 2.24) is 0 Å². The molecule has 1 rings (SSSR count). The number of aliphatic hydroxyl groups is 2. The molecule has 0 aromatic heterocycles. The third-order valence-corrected chi connectivity index (χ3v) is 7.54. The van der Waals surface area contributed by atoms with Crippen molar-refractivity contribution in [2.45, 2.75) is 10.4 Å². The van der Waals surface area contributed by atoms with Gasteiger partial charge in [-0.05, 0) is 0 Å². The maximum atomic E-state index is 10.8. The molecule has 0 spiro atoms. The summed E-state index contributed by atoms with van der Waals surface area (Å²) in [4.78, 5) is 10.2. The zero-order valence-electron chi connectivity index (χ0n) is 9.24. The molecule has 1 aromatic rings. The van der Waals surface area contributed by atoms with Gasteiger partial charge in [0, 0.05) is 0 Å². The Labute approximate surface area is 103 Å². The monoisotopic (exact) mass is 302 g/mol. The molecule has 0 atom stereocenters. The van der Waals surface area contributed by atoms with Crippen molar-refractivity contribution >= 4 is 30.4 Å². The molecule has 0 bridgehead atoms. The molecule has 0 heterocycles. The summed E-state index contributed by atoms with van der Waals surface area (Å²) in [7, 11) is 0. The van der Waals surface area contributed by atoms with E-state index in [9.17, 15) is 10.1 Å². The van der Waals surface area contributed by atoms with Crippen molar-refractivity contribution in [1.29, 1.82) is 0 Å². The average Bonchev–Trinajstić information content (AvgIpc) is 2.29. The van der Waals surface area contributed by atoms with Gasteiger partial charge in [-0.15, -0.1) is 0 Å². The van der Waals surface area contributed by atoms with Gasteiger partial charge in [0.15, 0.2) is 0 Å². The Morgan fingerprint density at radius 2 is 1.88 bits per heavy atom. The van der Waals surface area contributed by atoms with E-state index < -0.39 is 19.6 Å². The molecule has 0 amide bonds. The van der Waals surface area contributed by atoms with Crippen LogP contribution in [0, 0.1) is 10.1 Å². The summed E-state index contributed by atoms with van der Waals surface area (Å²) in [6.45, 7) is 0.0797. The first-order valence-electron chi connectivity index (χ1n) is 5.10. The van der Waals surface area contributed by atoms with Gasteiger partial charge in [0.2, 0.25) is 0 Å². The van der Waals surface area contributed by atoms with E-state index in [2.05, 4.69) is 0 Å². The summed E-state index contributed by atoms with van der Waals surface area (Å²) < 4.78 is 0.863. The molecule has 94 valence electrons. The van der Waals surface area contributed by atoms with Crippen LogP contribution in [0.5, 0.6) is 0 Å². The van der Waals surface area contributed by atoms with Gasteiger partial charge in [-0.2, -0.15) is 0 Å². The molecule has 1 aromatic carbocycles. The number of nitrogen functional groups attached to an aromatic ring is 1. The number of hydrogen-bond donors (Lipinski definition) is 3. The molecule has 4 N–H and O–H groups in total. The molecular formula is C10H15AsN2O4. The van der Waals surface area contributed by atoms with E-state index in [0.29, 0.717) is 10.4 Å². The number of hydrogen-bond acceptors (Lipinski definition) is 5. The number of nitrogens with zero attached hydrogens (tertiary/aromatic N) is 1. The summed E-state index contributed by atoms with van der Waals surface area (Å²) >= 11 is -1.61. The Balaban J connectivity index is 3.03. The number of rotatable bonds is 6. The van der Waals surface area contributed by atoms with Crippen LogP contribution < -0.4 is 10.1 Å². The minimum atomic E-state index is -1.61. The number of anilines is 1. The van der Waals surface area contributed by atoms with Gasteiger partial charge in [0.25, 0.3) is 0 Å².